The third-order valence-corrected chi connectivity index (χ3v) is 3.19. The molecule has 3 N–H and O–H groups in total. The number of carbonyl (C=O) groups is 1. The quantitative estimate of drug-likeness (QED) is 0.448. The highest BCUT2D eigenvalue weighted by molar-refractivity contribution is 5.81. The van der Waals surface area contributed by atoms with Gasteiger partial charge in [0.05, 0.1) is 12.0 Å². The van der Waals surface area contributed by atoms with Crippen molar-refractivity contribution < 1.29 is 18.0 Å². The summed E-state index contributed by atoms with van der Waals surface area (Å²) in [5, 5.41) is 0. The molecule has 7 heteroatoms. The summed E-state index contributed by atoms with van der Waals surface area (Å²) in [4.78, 5) is 13.0. The minimum atomic E-state index is -4.18. The molecule has 0 aromatic heterocycles. The predicted molar refractivity (Wildman–Crippen MR) is 56.8 cm³/mol. The lowest BCUT2D eigenvalue weighted by Gasteiger charge is -2.37. The van der Waals surface area contributed by atoms with Crippen molar-refractivity contribution in [3.8, 4) is 0 Å². The third kappa shape index (κ3) is 3.57. The van der Waals surface area contributed by atoms with Gasteiger partial charge in [0.2, 0.25) is 0 Å². The van der Waals surface area contributed by atoms with Crippen LogP contribution in [0.2, 0.25) is 0 Å². The Bertz CT molecular complexity index is 270. The van der Waals surface area contributed by atoms with Crippen LogP contribution in [0.5, 0.6) is 0 Å². The lowest BCUT2D eigenvalue weighted by Crippen LogP contribution is -2.53. The van der Waals surface area contributed by atoms with Crippen LogP contribution in [0.25, 0.3) is 0 Å². The highest BCUT2D eigenvalue weighted by Gasteiger charge is 2.43. The second kappa shape index (κ2) is 5.68. The van der Waals surface area contributed by atoms with Crippen LogP contribution in [0.15, 0.2) is 0 Å². The van der Waals surface area contributed by atoms with Crippen molar-refractivity contribution >= 4 is 5.91 Å². The molecule has 1 aliphatic rings. The summed E-state index contributed by atoms with van der Waals surface area (Å²) >= 11 is 0. The van der Waals surface area contributed by atoms with Crippen LogP contribution < -0.4 is 11.3 Å². The molecule has 0 bridgehead atoms. The Morgan fingerprint density at radius 1 is 1.59 bits per heavy atom. The first-order valence-electron chi connectivity index (χ1n) is 5.71. The molecule has 1 fully saturated rings. The number of hydrazine groups is 1. The molecule has 1 aliphatic heterocycles. The molecule has 4 nitrogen and oxygen atoms in total. The molecule has 1 saturated heterocycles. The normalized spacial score (nSPS) is 24.4. The van der Waals surface area contributed by atoms with E-state index >= 15 is 0 Å². The zero-order chi connectivity index (χ0) is 13.1. The monoisotopic (exact) mass is 253 g/mol. The van der Waals surface area contributed by atoms with Gasteiger partial charge in [-0.1, -0.05) is 6.92 Å². The maximum absolute atomic E-state index is 12.6. The average molecular weight is 253 g/mol. The van der Waals surface area contributed by atoms with Crippen LogP contribution >= 0.6 is 0 Å². The maximum Gasteiger partial charge on any atom is 0.393 e. The van der Waals surface area contributed by atoms with E-state index < -0.39 is 24.0 Å². The smallest absolute Gasteiger partial charge is 0.293 e. The van der Waals surface area contributed by atoms with E-state index in [0.717, 1.165) is 0 Å². The molecular formula is C10H18F3N3O. The van der Waals surface area contributed by atoms with Gasteiger partial charge < -0.3 is 0 Å². The van der Waals surface area contributed by atoms with Gasteiger partial charge in [-0.3, -0.25) is 15.1 Å². The van der Waals surface area contributed by atoms with Crippen LogP contribution in [0.4, 0.5) is 13.2 Å². The van der Waals surface area contributed by atoms with Crippen LogP contribution in [0, 0.1) is 5.92 Å². The molecule has 1 heterocycles. The molecule has 100 valence electrons. The van der Waals surface area contributed by atoms with E-state index in [9.17, 15) is 18.0 Å². The maximum atomic E-state index is 12.6. The van der Waals surface area contributed by atoms with Crippen molar-refractivity contribution in [2.75, 3.05) is 13.1 Å². The zero-order valence-corrected chi connectivity index (χ0v) is 9.76. The number of nitrogens with zero attached hydrogens (tertiary/aromatic N) is 1. The Kier molecular flexibility index (Phi) is 4.76. The number of alkyl halides is 3. The lowest BCUT2D eigenvalue weighted by atomic mass is 9.95. The van der Waals surface area contributed by atoms with Crippen molar-refractivity contribution in [1.29, 1.82) is 0 Å². The topological polar surface area (TPSA) is 58.4 Å². The van der Waals surface area contributed by atoms with E-state index in [1.807, 2.05) is 5.43 Å². The second-order valence-electron chi connectivity index (χ2n) is 4.31. The Morgan fingerprint density at radius 3 is 2.71 bits per heavy atom. The van der Waals surface area contributed by atoms with Gasteiger partial charge in [-0.2, -0.15) is 13.2 Å². The summed E-state index contributed by atoms with van der Waals surface area (Å²) < 4.78 is 37.8. The van der Waals surface area contributed by atoms with Crippen LogP contribution in [-0.4, -0.2) is 36.1 Å². The number of piperidine rings is 1. The van der Waals surface area contributed by atoms with Crippen molar-refractivity contribution in [2.45, 2.75) is 38.4 Å². The SMILES string of the molecule is CCC(C(=O)NN)N1CCCC(C(F)(F)F)C1. The molecule has 1 rings (SSSR count). The number of likely N-dealkylation sites (tertiary alicyclic amines) is 1. The molecule has 0 saturated carbocycles. The molecule has 2 unspecified atom stereocenters. The second-order valence-corrected chi connectivity index (χ2v) is 4.31. The van der Waals surface area contributed by atoms with E-state index in [0.29, 0.717) is 19.4 Å². The fourth-order valence-electron chi connectivity index (χ4n) is 2.26. The van der Waals surface area contributed by atoms with Gasteiger partial charge in [0.1, 0.15) is 0 Å². The van der Waals surface area contributed by atoms with Crippen LogP contribution in [0.3, 0.4) is 0 Å². The summed E-state index contributed by atoms with van der Waals surface area (Å²) in [5.74, 6) is 3.27. The van der Waals surface area contributed by atoms with Crippen molar-refractivity contribution in [3.05, 3.63) is 0 Å². The highest BCUT2D eigenvalue weighted by atomic mass is 19.4. The molecule has 0 aliphatic carbocycles. The molecule has 0 radical (unpaired) electrons. The molecular weight excluding hydrogens is 235 g/mol. The summed E-state index contributed by atoms with van der Waals surface area (Å²) in [6, 6.07) is -0.565. The molecule has 2 atom stereocenters. The Morgan fingerprint density at radius 2 is 2.24 bits per heavy atom. The van der Waals surface area contributed by atoms with Crippen molar-refractivity contribution in [2.24, 2.45) is 11.8 Å². The number of rotatable bonds is 3. The van der Waals surface area contributed by atoms with Crippen LogP contribution in [0.1, 0.15) is 26.2 Å². The molecule has 1 amide bonds. The number of halogens is 3. The van der Waals surface area contributed by atoms with Gasteiger partial charge in [0, 0.05) is 6.54 Å². The van der Waals surface area contributed by atoms with Gasteiger partial charge in [0.25, 0.3) is 5.91 Å². The number of hydrogen-bond donors (Lipinski definition) is 2. The Hall–Kier alpha value is -0.820. The summed E-state index contributed by atoms with van der Waals surface area (Å²) in [6.07, 6.45) is -3.14. The van der Waals surface area contributed by atoms with Gasteiger partial charge in [-0.05, 0) is 25.8 Å². The Labute approximate surface area is 98.3 Å². The number of nitrogens with two attached hydrogens (primary N) is 1. The van der Waals surface area contributed by atoms with E-state index in [4.69, 9.17) is 5.84 Å². The minimum absolute atomic E-state index is 0.116. The van der Waals surface area contributed by atoms with Crippen molar-refractivity contribution in [3.63, 3.8) is 0 Å². The Balaban J connectivity index is 2.68. The zero-order valence-electron chi connectivity index (χ0n) is 9.76. The number of carbonyl (C=O) groups excluding carboxylic acids is 1. The highest BCUT2D eigenvalue weighted by Crippen LogP contribution is 2.33. The fraction of sp³-hybridized carbons (Fsp3) is 0.900. The standard InChI is InChI=1S/C10H18F3N3O/c1-2-8(9(17)15-14)16-5-3-4-7(6-16)10(11,12)13/h7-8H,2-6,14H2,1H3,(H,15,17). The summed E-state index contributed by atoms with van der Waals surface area (Å²) in [5.41, 5.74) is 2.01. The largest absolute Gasteiger partial charge is 0.393 e. The number of hydrogen-bond acceptors (Lipinski definition) is 3. The molecule has 0 aromatic carbocycles. The first-order valence-corrected chi connectivity index (χ1v) is 5.71. The van der Waals surface area contributed by atoms with E-state index in [1.54, 1.807) is 11.8 Å². The molecule has 17 heavy (non-hydrogen) atoms. The van der Waals surface area contributed by atoms with E-state index in [1.165, 1.54) is 0 Å². The van der Waals surface area contributed by atoms with Gasteiger partial charge in [-0.15, -0.1) is 0 Å². The first-order chi connectivity index (χ1) is 7.90. The molecule has 0 spiro atoms. The van der Waals surface area contributed by atoms with Crippen LogP contribution in [-0.2, 0) is 4.79 Å². The van der Waals surface area contributed by atoms with Gasteiger partial charge in [-0.25, -0.2) is 5.84 Å². The fourth-order valence-corrected chi connectivity index (χ4v) is 2.26. The van der Waals surface area contributed by atoms with Gasteiger partial charge in [0.15, 0.2) is 0 Å². The van der Waals surface area contributed by atoms with Gasteiger partial charge >= 0.3 is 6.18 Å². The summed E-state index contributed by atoms with van der Waals surface area (Å²) in [6.45, 7) is 2.16. The number of nitrogens with one attached hydrogen (secondary N) is 1. The van der Waals surface area contributed by atoms with Crippen molar-refractivity contribution in [1.82, 2.24) is 10.3 Å². The third-order valence-electron chi connectivity index (χ3n) is 3.19. The first kappa shape index (κ1) is 14.2. The summed E-state index contributed by atoms with van der Waals surface area (Å²) in [7, 11) is 0. The minimum Gasteiger partial charge on any atom is -0.293 e. The predicted octanol–water partition coefficient (Wildman–Crippen LogP) is 1.03. The van der Waals surface area contributed by atoms with E-state index in [-0.39, 0.29) is 13.0 Å². The average Bonchev–Trinajstić information content (AvgIpc) is 2.29. The lowest BCUT2D eigenvalue weighted by molar-refractivity contribution is -0.189. The molecule has 0 aromatic rings. The van der Waals surface area contributed by atoms with E-state index in [2.05, 4.69) is 0 Å². The number of amides is 1.